The van der Waals surface area contributed by atoms with Gasteiger partial charge in [-0.2, -0.15) is 4.84 Å². The van der Waals surface area contributed by atoms with Gasteiger partial charge in [0.05, 0.1) is 0 Å². The van der Waals surface area contributed by atoms with E-state index in [1.807, 2.05) is 0 Å². The lowest BCUT2D eigenvalue weighted by atomic mass is 10.1. The molecule has 0 aliphatic carbocycles. The first-order valence-corrected chi connectivity index (χ1v) is 2.45. The zero-order valence-corrected chi connectivity index (χ0v) is 5.57. The van der Waals surface area contributed by atoms with Crippen LogP contribution in [0.3, 0.4) is 0 Å². The van der Waals surface area contributed by atoms with Crippen molar-refractivity contribution in [2.75, 3.05) is 0 Å². The van der Waals surface area contributed by atoms with E-state index >= 15 is 0 Å². The van der Waals surface area contributed by atoms with Crippen LogP contribution in [0.5, 0.6) is 0 Å². The average Bonchev–Trinajstić information content (AvgIpc) is 1.60. The highest BCUT2D eigenvalue weighted by molar-refractivity contribution is 5.76. The Kier molecular flexibility index (Phi) is 2.17. The number of carbonyl (C=O) groups is 1. The molecule has 0 aromatic carbocycles. The fourth-order valence-corrected chi connectivity index (χ4v) is 0.234. The van der Waals surface area contributed by atoms with Crippen molar-refractivity contribution < 1.29 is 25.0 Å². The molecule has 0 aromatic rings. The third kappa shape index (κ3) is 2.29. The minimum atomic E-state index is -1.70. The molecule has 0 unspecified atom stereocenters. The van der Waals surface area contributed by atoms with Gasteiger partial charge in [0.25, 0.3) is 5.60 Å². The van der Waals surface area contributed by atoms with E-state index in [4.69, 9.17) is 10.3 Å². The van der Waals surface area contributed by atoms with E-state index in [1.165, 1.54) is 0 Å². The largest absolute Gasteiger partial charge is 0.478 e. The van der Waals surface area contributed by atoms with Crippen molar-refractivity contribution in [3.63, 3.8) is 0 Å². The maximum atomic E-state index is 10.2. The summed E-state index contributed by atoms with van der Waals surface area (Å²) in [5, 5.41) is 15.3. The summed E-state index contributed by atoms with van der Waals surface area (Å²) in [5.41, 5.74) is -1.70. The number of carboxylic acids is 1. The molecule has 6 heteroatoms. The van der Waals surface area contributed by atoms with Gasteiger partial charge in [0.1, 0.15) is 4.91 Å². The molecule has 6 nitrogen and oxygen atoms in total. The average molecular weight is 150 g/mol. The number of hydrogen-bond donors (Lipinski definition) is 2. The zero-order valence-electron chi connectivity index (χ0n) is 5.57. The standard InChI is InChI=1S/C4H7NO5/c1-4(2,3(6)7)10-5(8)9/h1-2H3,(H-,6,7,8,9)/p+1. The Hall–Kier alpha value is -1.33. The van der Waals surface area contributed by atoms with Crippen molar-refractivity contribution in [3.8, 4) is 0 Å². The second-order valence-electron chi connectivity index (χ2n) is 2.14. The summed E-state index contributed by atoms with van der Waals surface area (Å²) in [6, 6.07) is 0. The molecule has 0 spiro atoms. The number of carboxylic acid groups (broad SMARTS) is 1. The molecule has 0 saturated heterocycles. The Morgan fingerprint density at radius 2 is 2.00 bits per heavy atom. The lowest BCUT2D eigenvalue weighted by Crippen LogP contribution is -2.37. The van der Waals surface area contributed by atoms with Gasteiger partial charge in [-0.15, -0.1) is 0 Å². The first kappa shape index (κ1) is 8.67. The number of aliphatic carboxylic acids is 1. The Morgan fingerprint density at radius 1 is 1.60 bits per heavy atom. The number of rotatable bonds is 3. The number of hydrogen-bond acceptors (Lipinski definition) is 3. The third-order valence-corrected chi connectivity index (χ3v) is 0.821. The van der Waals surface area contributed by atoms with E-state index in [9.17, 15) is 9.70 Å². The molecule has 0 aromatic heterocycles. The summed E-state index contributed by atoms with van der Waals surface area (Å²) in [6.07, 6.45) is 0. The van der Waals surface area contributed by atoms with Crippen LogP contribution < -0.4 is 0 Å². The van der Waals surface area contributed by atoms with Gasteiger partial charge in [-0.1, -0.05) is 0 Å². The van der Waals surface area contributed by atoms with Gasteiger partial charge in [-0.25, -0.2) is 10.0 Å². The van der Waals surface area contributed by atoms with Crippen LogP contribution in [-0.4, -0.2) is 27.0 Å². The third-order valence-electron chi connectivity index (χ3n) is 0.821. The van der Waals surface area contributed by atoms with Crippen LogP contribution >= 0.6 is 0 Å². The van der Waals surface area contributed by atoms with Gasteiger partial charge in [0.15, 0.2) is 0 Å². The summed E-state index contributed by atoms with van der Waals surface area (Å²) in [7, 11) is 0. The molecule has 0 radical (unpaired) electrons. The van der Waals surface area contributed by atoms with Gasteiger partial charge in [0.2, 0.25) is 0 Å². The van der Waals surface area contributed by atoms with Gasteiger partial charge in [0, 0.05) is 0 Å². The zero-order chi connectivity index (χ0) is 8.36. The summed E-state index contributed by atoms with van der Waals surface area (Å²) in [5.74, 6) is -1.33. The molecule has 10 heavy (non-hydrogen) atoms. The van der Waals surface area contributed by atoms with E-state index in [1.54, 1.807) is 0 Å². The molecule has 0 atom stereocenters. The summed E-state index contributed by atoms with van der Waals surface area (Å²) in [6.45, 7) is 2.27. The molecule has 0 bridgehead atoms. The second-order valence-corrected chi connectivity index (χ2v) is 2.14. The van der Waals surface area contributed by atoms with Crippen LogP contribution in [0.4, 0.5) is 0 Å². The quantitative estimate of drug-likeness (QED) is 0.550. The lowest BCUT2D eigenvalue weighted by molar-refractivity contribution is -0.985. The highest BCUT2D eigenvalue weighted by atomic mass is 17.0. The molecular formula is C4H8NO5+. The molecule has 0 rings (SSSR count). The van der Waals surface area contributed by atoms with Gasteiger partial charge in [-0.05, 0) is 13.8 Å². The van der Waals surface area contributed by atoms with Crippen LogP contribution in [0.15, 0.2) is 0 Å². The smallest absolute Gasteiger partial charge is 0.476 e. The maximum absolute atomic E-state index is 10.2. The van der Waals surface area contributed by atoms with E-state index < -0.39 is 16.7 Å². The molecule has 0 heterocycles. The topological polar surface area (TPSA) is 86.8 Å². The Labute approximate surface area is 56.5 Å². The molecule has 0 saturated carbocycles. The monoisotopic (exact) mass is 150 g/mol. The minimum absolute atomic E-state index is 0.881. The summed E-state index contributed by atoms with van der Waals surface area (Å²) < 4.78 is 0. The van der Waals surface area contributed by atoms with Crippen molar-refractivity contribution in [3.05, 3.63) is 4.91 Å². The van der Waals surface area contributed by atoms with Crippen LogP contribution in [0, 0.1) is 4.91 Å². The van der Waals surface area contributed by atoms with Gasteiger partial charge in [-0.3, -0.25) is 0 Å². The molecule has 2 N–H and O–H groups in total. The van der Waals surface area contributed by atoms with Gasteiger partial charge >= 0.3 is 11.1 Å². The number of nitrogens with zero attached hydrogens (tertiary/aromatic N) is 1. The van der Waals surface area contributed by atoms with E-state index in [0.717, 1.165) is 13.8 Å². The molecule has 0 amide bonds. The fraction of sp³-hybridized carbons (Fsp3) is 0.750. The first-order chi connectivity index (χ1) is 4.36. The Bertz CT molecular complexity index is 163. The van der Waals surface area contributed by atoms with Crippen LogP contribution in [0.1, 0.15) is 13.8 Å². The molecule has 0 aliphatic rings. The highest BCUT2D eigenvalue weighted by Crippen LogP contribution is 2.07. The molecule has 0 aliphatic heterocycles. The molecule has 0 fully saturated rings. The molecule has 58 valence electrons. The van der Waals surface area contributed by atoms with Crippen LogP contribution in [0.25, 0.3) is 0 Å². The predicted molar refractivity (Wildman–Crippen MR) is 28.2 cm³/mol. The SMILES string of the molecule is CC(C)(O[N+](=O)O)C(=O)O. The summed E-state index contributed by atoms with van der Waals surface area (Å²) in [4.78, 5) is 23.8. The van der Waals surface area contributed by atoms with Crippen molar-refractivity contribution in [1.29, 1.82) is 0 Å². The van der Waals surface area contributed by atoms with E-state index in [2.05, 4.69) is 4.84 Å². The maximum Gasteiger partial charge on any atom is 0.476 e. The minimum Gasteiger partial charge on any atom is -0.478 e. The molecular weight excluding hydrogens is 142 g/mol. The van der Waals surface area contributed by atoms with Crippen molar-refractivity contribution >= 4 is 5.97 Å². The highest BCUT2D eigenvalue weighted by Gasteiger charge is 2.37. The van der Waals surface area contributed by atoms with E-state index in [0.29, 0.717) is 0 Å². The predicted octanol–water partition coefficient (Wildman–Crippen LogP) is -0.0507. The van der Waals surface area contributed by atoms with Crippen molar-refractivity contribution in [2.45, 2.75) is 19.4 Å². The van der Waals surface area contributed by atoms with Crippen molar-refractivity contribution in [2.24, 2.45) is 0 Å². The fourth-order valence-electron chi connectivity index (χ4n) is 0.234. The summed E-state index contributed by atoms with van der Waals surface area (Å²) >= 11 is 0. The van der Waals surface area contributed by atoms with E-state index in [-0.39, 0.29) is 0 Å². The lowest BCUT2D eigenvalue weighted by Gasteiger charge is -2.08. The van der Waals surface area contributed by atoms with Crippen LogP contribution in [-0.2, 0) is 9.63 Å². The van der Waals surface area contributed by atoms with Crippen LogP contribution in [0.2, 0.25) is 0 Å². The van der Waals surface area contributed by atoms with Crippen molar-refractivity contribution in [1.82, 2.24) is 0 Å². The second kappa shape index (κ2) is 2.51. The Morgan fingerprint density at radius 3 is 2.10 bits per heavy atom. The Balaban J connectivity index is 4.13. The first-order valence-electron chi connectivity index (χ1n) is 2.45. The van der Waals surface area contributed by atoms with Gasteiger partial charge < -0.3 is 5.11 Å². The normalized spacial score (nSPS) is 10.6.